The molecule has 0 spiro atoms. The van der Waals surface area contributed by atoms with E-state index in [1.807, 2.05) is 6.92 Å². The minimum atomic E-state index is -4.03. The molecule has 1 saturated carbocycles. The molecule has 0 atom stereocenters. The van der Waals surface area contributed by atoms with Crippen molar-refractivity contribution in [2.45, 2.75) is 49.5 Å². The largest absolute Gasteiger partial charge is 0.504 e. The number of halogens is 1. The fourth-order valence-electron chi connectivity index (χ4n) is 3.60. The number of nitrogens with one attached hydrogen (secondary N) is 2. The van der Waals surface area contributed by atoms with Gasteiger partial charge in [0.15, 0.2) is 5.75 Å². The standard InChI is InChI=1S/C19H24ClN3O5S/c1-19(9-5-4-6-10-19)22-14-13(16(25)17(14)26)21-12-8-7-11(20)18(15(12)24)29(27,28)23(2)3/h7-8,21-22,24H,4-6,9-10H2,1-3H3. The number of hydrogen-bond acceptors (Lipinski definition) is 7. The summed E-state index contributed by atoms with van der Waals surface area (Å²) in [4.78, 5) is 23.8. The molecular formula is C19H24ClN3O5S. The SMILES string of the molecule is CN(C)S(=O)(=O)c1c(Cl)ccc(Nc2c(NC3(C)CCCCC3)c(=O)c2=O)c1O. The zero-order valence-electron chi connectivity index (χ0n) is 16.5. The Morgan fingerprint density at radius 1 is 1.07 bits per heavy atom. The number of phenols is 1. The minimum Gasteiger partial charge on any atom is -0.504 e. The van der Waals surface area contributed by atoms with Gasteiger partial charge in [-0.25, -0.2) is 12.7 Å². The van der Waals surface area contributed by atoms with E-state index in [1.54, 1.807) is 0 Å². The number of rotatable bonds is 6. The fraction of sp³-hybridized carbons (Fsp3) is 0.474. The van der Waals surface area contributed by atoms with E-state index in [-0.39, 0.29) is 27.6 Å². The Bertz CT molecular complexity index is 1110. The number of nitrogens with zero attached hydrogens (tertiary/aromatic N) is 1. The summed E-state index contributed by atoms with van der Waals surface area (Å²) in [5.41, 5.74) is -1.51. The highest BCUT2D eigenvalue weighted by molar-refractivity contribution is 7.89. The number of aromatic hydroxyl groups is 1. The Labute approximate surface area is 174 Å². The molecule has 3 N–H and O–H groups in total. The van der Waals surface area contributed by atoms with E-state index in [2.05, 4.69) is 10.6 Å². The van der Waals surface area contributed by atoms with Gasteiger partial charge in [0.25, 0.3) is 10.9 Å². The maximum Gasteiger partial charge on any atom is 0.253 e. The Morgan fingerprint density at radius 3 is 2.24 bits per heavy atom. The second kappa shape index (κ2) is 7.62. The van der Waals surface area contributed by atoms with Crippen molar-refractivity contribution in [1.29, 1.82) is 0 Å². The number of hydrogen-bond donors (Lipinski definition) is 3. The lowest BCUT2D eigenvalue weighted by Gasteiger charge is -2.36. The van der Waals surface area contributed by atoms with E-state index in [0.29, 0.717) is 0 Å². The quantitative estimate of drug-likeness (QED) is 0.466. The van der Waals surface area contributed by atoms with Crippen molar-refractivity contribution in [1.82, 2.24) is 4.31 Å². The van der Waals surface area contributed by atoms with Crippen molar-refractivity contribution >= 4 is 38.7 Å². The third-order valence-electron chi connectivity index (χ3n) is 5.38. The molecule has 8 nitrogen and oxygen atoms in total. The second-order valence-corrected chi connectivity index (χ2v) is 10.3. The molecule has 0 aliphatic heterocycles. The van der Waals surface area contributed by atoms with Crippen LogP contribution in [0.1, 0.15) is 39.0 Å². The molecule has 0 radical (unpaired) electrons. The summed E-state index contributed by atoms with van der Waals surface area (Å²) in [5.74, 6) is -0.617. The fourth-order valence-corrected chi connectivity index (χ4v) is 5.08. The minimum absolute atomic E-state index is 0.00706. The van der Waals surface area contributed by atoms with E-state index < -0.39 is 31.5 Å². The first-order chi connectivity index (χ1) is 13.5. The van der Waals surface area contributed by atoms with Gasteiger partial charge in [0.1, 0.15) is 16.3 Å². The number of anilines is 3. The molecule has 10 heteroatoms. The summed E-state index contributed by atoms with van der Waals surface area (Å²) in [6.07, 6.45) is 4.96. The average molecular weight is 442 g/mol. The van der Waals surface area contributed by atoms with Gasteiger partial charge in [-0.15, -0.1) is 0 Å². The predicted octanol–water partition coefficient (Wildman–Crippen LogP) is 2.77. The number of phenolic OH excluding ortho intramolecular Hbond substituents is 1. The van der Waals surface area contributed by atoms with Crippen LogP contribution in [0.5, 0.6) is 5.75 Å². The summed E-state index contributed by atoms with van der Waals surface area (Å²) in [5, 5.41) is 16.3. The topological polar surface area (TPSA) is 116 Å². The molecule has 1 aliphatic rings. The van der Waals surface area contributed by atoms with E-state index in [1.165, 1.54) is 26.2 Å². The van der Waals surface area contributed by atoms with Gasteiger partial charge in [0, 0.05) is 19.6 Å². The van der Waals surface area contributed by atoms with E-state index in [9.17, 15) is 23.1 Å². The molecule has 0 amide bonds. The molecule has 0 saturated heterocycles. The van der Waals surface area contributed by atoms with E-state index in [4.69, 9.17) is 11.6 Å². The Kier molecular flexibility index (Phi) is 5.68. The number of benzene rings is 1. The molecule has 3 rings (SSSR count). The molecule has 1 fully saturated rings. The molecular weight excluding hydrogens is 418 g/mol. The zero-order valence-corrected chi connectivity index (χ0v) is 18.1. The van der Waals surface area contributed by atoms with Gasteiger partial charge < -0.3 is 15.7 Å². The van der Waals surface area contributed by atoms with E-state index in [0.717, 1.165) is 36.4 Å². The molecule has 158 valence electrons. The molecule has 2 aromatic carbocycles. The van der Waals surface area contributed by atoms with Crippen molar-refractivity contribution in [2.24, 2.45) is 0 Å². The van der Waals surface area contributed by atoms with Gasteiger partial charge in [-0.3, -0.25) is 9.59 Å². The summed E-state index contributed by atoms with van der Waals surface area (Å²) in [6, 6.07) is 2.66. The van der Waals surface area contributed by atoms with Crippen molar-refractivity contribution in [3.63, 3.8) is 0 Å². The molecule has 0 heterocycles. The summed E-state index contributed by atoms with van der Waals surface area (Å²) in [6.45, 7) is 2.01. The van der Waals surface area contributed by atoms with Crippen LogP contribution in [-0.2, 0) is 10.0 Å². The first-order valence-corrected chi connectivity index (χ1v) is 11.1. The van der Waals surface area contributed by atoms with Crippen LogP contribution in [0.4, 0.5) is 17.1 Å². The van der Waals surface area contributed by atoms with Crippen molar-refractivity contribution in [2.75, 3.05) is 24.7 Å². The van der Waals surface area contributed by atoms with Crippen LogP contribution in [0.2, 0.25) is 5.02 Å². The second-order valence-electron chi connectivity index (χ2n) is 7.84. The van der Waals surface area contributed by atoms with Crippen LogP contribution in [0.15, 0.2) is 26.6 Å². The van der Waals surface area contributed by atoms with Gasteiger partial charge in [0.2, 0.25) is 10.0 Å². The lowest BCUT2D eigenvalue weighted by atomic mass is 9.83. The number of sulfonamides is 1. The first-order valence-electron chi connectivity index (χ1n) is 9.30. The highest BCUT2D eigenvalue weighted by Crippen LogP contribution is 2.40. The third-order valence-corrected chi connectivity index (χ3v) is 7.69. The van der Waals surface area contributed by atoms with E-state index >= 15 is 0 Å². The van der Waals surface area contributed by atoms with Crippen molar-refractivity contribution < 1.29 is 13.5 Å². The molecule has 29 heavy (non-hydrogen) atoms. The Balaban J connectivity index is 1.97. The monoisotopic (exact) mass is 441 g/mol. The van der Waals surface area contributed by atoms with Gasteiger partial charge in [-0.05, 0) is 31.9 Å². The highest BCUT2D eigenvalue weighted by Gasteiger charge is 2.33. The highest BCUT2D eigenvalue weighted by atomic mass is 35.5. The van der Waals surface area contributed by atoms with Crippen LogP contribution in [0.25, 0.3) is 0 Å². The Morgan fingerprint density at radius 2 is 1.66 bits per heavy atom. The van der Waals surface area contributed by atoms with Crippen LogP contribution in [-0.4, -0.2) is 37.5 Å². The maximum absolute atomic E-state index is 12.5. The maximum atomic E-state index is 12.5. The lowest BCUT2D eigenvalue weighted by Crippen LogP contribution is -2.44. The first kappa shape index (κ1) is 21.6. The molecule has 1 aliphatic carbocycles. The van der Waals surface area contributed by atoms with Crippen molar-refractivity contribution in [3.8, 4) is 5.75 Å². The predicted molar refractivity (Wildman–Crippen MR) is 114 cm³/mol. The Hall–Kier alpha value is -2.10. The molecule has 0 aromatic heterocycles. The van der Waals surface area contributed by atoms with Crippen LogP contribution >= 0.6 is 11.6 Å². The average Bonchev–Trinajstić information content (AvgIpc) is 2.66. The summed E-state index contributed by atoms with van der Waals surface area (Å²) in [7, 11) is -1.40. The summed E-state index contributed by atoms with van der Waals surface area (Å²) < 4.78 is 25.9. The molecule has 2 aromatic rings. The molecule has 0 unspecified atom stereocenters. The van der Waals surface area contributed by atoms with Gasteiger partial charge in [0.05, 0.1) is 10.7 Å². The normalized spacial score (nSPS) is 16.9. The molecule has 0 bridgehead atoms. The zero-order chi connectivity index (χ0) is 21.6. The summed E-state index contributed by atoms with van der Waals surface area (Å²) >= 11 is 6.00. The van der Waals surface area contributed by atoms with Crippen LogP contribution < -0.4 is 21.5 Å². The van der Waals surface area contributed by atoms with Gasteiger partial charge in [-0.2, -0.15) is 0 Å². The van der Waals surface area contributed by atoms with Crippen molar-refractivity contribution in [3.05, 3.63) is 37.6 Å². The van der Waals surface area contributed by atoms with Crippen LogP contribution in [0.3, 0.4) is 0 Å². The van der Waals surface area contributed by atoms with Gasteiger partial charge in [-0.1, -0.05) is 30.9 Å². The van der Waals surface area contributed by atoms with Crippen LogP contribution in [0, 0.1) is 0 Å². The third kappa shape index (κ3) is 3.86. The van der Waals surface area contributed by atoms with Gasteiger partial charge >= 0.3 is 0 Å². The smallest absolute Gasteiger partial charge is 0.253 e. The lowest BCUT2D eigenvalue weighted by molar-refractivity contribution is 0.349.